The van der Waals surface area contributed by atoms with Crippen LogP contribution in [0.15, 0.2) is 42.5 Å². The standard InChI is InChI=1S/C22H29N3O3/c1-24(2)11-12-28-21-18(9-6-10-20(21)27-3)15-25-14-17-8-5-4-7-16(17)13-19(25)22(23)26/h4-10,19H,11-15H2,1-3H3,(H2,23,26). The summed E-state index contributed by atoms with van der Waals surface area (Å²) in [5.41, 5.74) is 9.15. The highest BCUT2D eigenvalue weighted by Crippen LogP contribution is 2.34. The van der Waals surface area contributed by atoms with E-state index in [1.807, 2.05) is 44.4 Å². The molecule has 6 nitrogen and oxygen atoms in total. The van der Waals surface area contributed by atoms with Gasteiger partial charge >= 0.3 is 0 Å². The smallest absolute Gasteiger partial charge is 0.235 e. The van der Waals surface area contributed by atoms with Gasteiger partial charge < -0.3 is 20.1 Å². The summed E-state index contributed by atoms with van der Waals surface area (Å²) >= 11 is 0. The van der Waals surface area contributed by atoms with Crippen LogP contribution in [0.2, 0.25) is 0 Å². The van der Waals surface area contributed by atoms with Gasteiger partial charge in [0, 0.05) is 25.2 Å². The number of hydrogen-bond acceptors (Lipinski definition) is 5. The molecule has 1 aliphatic heterocycles. The number of nitrogens with zero attached hydrogens (tertiary/aromatic N) is 2. The zero-order valence-corrected chi connectivity index (χ0v) is 16.9. The second-order valence-electron chi connectivity index (χ2n) is 7.40. The third-order valence-corrected chi connectivity index (χ3v) is 5.11. The summed E-state index contributed by atoms with van der Waals surface area (Å²) in [4.78, 5) is 16.3. The Kier molecular flexibility index (Phi) is 6.54. The van der Waals surface area contributed by atoms with E-state index in [0.717, 1.165) is 17.9 Å². The van der Waals surface area contributed by atoms with Gasteiger partial charge in [0.15, 0.2) is 11.5 Å². The Bertz CT molecular complexity index is 822. The molecule has 2 aromatic rings. The number of rotatable bonds is 8. The summed E-state index contributed by atoms with van der Waals surface area (Å²) in [5, 5.41) is 0. The Labute approximate surface area is 166 Å². The van der Waals surface area contributed by atoms with Crippen molar-refractivity contribution in [2.45, 2.75) is 25.6 Å². The van der Waals surface area contributed by atoms with Crippen molar-refractivity contribution in [1.29, 1.82) is 0 Å². The lowest BCUT2D eigenvalue weighted by molar-refractivity contribution is -0.124. The van der Waals surface area contributed by atoms with E-state index in [1.54, 1.807) is 7.11 Å². The molecule has 150 valence electrons. The number of likely N-dealkylation sites (N-methyl/N-ethyl adjacent to an activating group) is 1. The van der Waals surface area contributed by atoms with Crippen LogP contribution in [-0.4, -0.2) is 56.1 Å². The van der Waals surface area contributed by atoms with Gasteiger partial charge in [0.1, 0.15) is 6.61 Å². The van der Waals surface area contributed by atoms with Crippen molar-refractivity contribution in [3.63, 3.8) is 0 Å². The monoisotopic (exact) mass is 383 g/mol. The van der Waals surface area contributed by atoms with E-state index in [0.29, 0.717) is 31.9 Å². The van der Waals surface area contributed by atoms with Crippen LogP contribution in [0.3, 0.4) is 0 Å². The minimum absolute atomic E-state index is 0.299. The summed E-state index contributed by atoms with van der Waals surface area (Å²) in [7, 11) is 5.66. The van der Waals surface area contributed by atoms with Crippen molar-refractivity contribution in [3.8, 4) is 11.5 Å². The number of methoxy groups -OCH3 is 1. The quantitative estimate of drug-likeness (QED) is 0.756. The van der Waals surface area contributed by atoms with Crippen LogP contribution in [0.5, 0.6) is 11.5 Å². The number of ether oxygens (including phenoxy) is 2. The zero-order chi connectivity index (χ0) is 20.1. The number of para-hydroxylation sites is 1. The van der Waals surface area contributed by atoms with Crippen LogP contribution in [0, 0.1) is 0 Å². The van der Waals surface area contributed by atoms with E-state index in [-0.39, 0.29) is 11.9 Å². The Morgan fingerprint density at radius 2 is 1.93 bits per heavy atom. The van der Waals surface area contributed by atoms with E-state index >= 15 is 0 Å². The highest BCUT2D eigenvalue weighted by molar-refractivity contribution is 5.80. The molecule has 3 rings (SSSR count). The molecule has 0 spiro atoms. The second-order valence-corrected chi connectivity index (χ2v) is 7.40. The van der Waals surface area contributed by atoms with Crippen molar-refractivity contribution in [3.05, 3.63) is 59.2 Å². The predicted octanol–water partition coefficient (Wildman–Crippen LogP) is 2.05. The summed E-state index contributed by atoms with van der Waals surface area (Å²) in [6.45, 7) is 2.61. The molecule has 0 fully saturated rings. The maximum atomic E-state index is 12.1. The molecule has 0 bridgehead atoms. The minimum atomic E-state index is -0.337. The SMILES string of the molecule is COc1cccc(CN2Cc3ccccc3CC2C(N)=O)c1OCCN(C)C. The first kappa shape index (κ1) is 20.2. The Hall–Kier alpha value is -2.57. The first-order chi connectivity index (χ1) is 13.5. The lowest BCUT2D eigenvalue weighted by atomic mass is 9.93. The highest BCUT2D eigenvalue weighted by atomic mass is 16.5. The van der Waals surface area contributed by atoms with Crippen molar-refractivity contribution in [2.75, 3.05) is 34.4 Å². The largest absolute Gasteiger partial charge is 0.493 e. The number of carbonyl (C=O) groups excluding carboxylic acids is 1. The maximum absolute atomic E-state index is 12.1. The Balaban J connectivity index is 1.86. The van der Waals surface area contributed by atoms with Crippen molar-refractivity contribution in [2.24, 2.45) is 5.73 Å². The van der Waals surface area contributed by atoms with Crippen molar-refractivity contribution in [1.82, 2.24) is 9.80 Å². The lowest BCUT2D eigenvalue weighted by Crippen LogP contribution is -2.48. The number of hydrogen-bond donors (Lipinski definition) is 1. The van der Waals surface area contributed by atoms with Crippen LogP contribution in [0.1, 0.15) is 16.7 Å². The Morgan fingerprint density at radius 1 is 1.18 bits per heavy atom. The van der Waals surface area contributed by atoms with Crippen molar-refractivity contribution < 1.29 is 14.3 Å². The average molecular weight is 383 g/mol. The third-order valence-electron chi connectivity index (χ3n) is 5.11. The van der Waals surface area contributed by atoms with Gasteiger partial charge in [-0.15, -0.1) is 0 Å². The lowest BCUT2D eigenvalue weighted by Gasteiger charge is -2.35. The number of nitrogens with two attached hydrogens (primary N) is 1. The van der Waals surface area contributed by atoms with Gasteiger partial charge in [0.25, 0.3) is 0 Å². The van der Waals surface area contributed by atoms with Crippen LogP contribution in [0.4, 0.5) is 0 Å². The number of primary amides is 1. The molecule has 28 heavy (non-hydrogen) atoms. The molecule has 0 radical (unpaired) electrons. The van der Waals surface area contributed by atoms with Gasteiger partial charge in [-0.05, 0) is 37.7 Å². The molecule has 0 saturated heterocycles. The highest BCUT2D eigenvalue weighted by Gasteiger charge is 2.30. The molecule has 1 aliphatic rings. The topological polar surface area (TPSA) is 68.0 Å². The summed E-state index contributed by atoms with van der Waals surface area (Å²) in [5.74, 6) is 1.13. The zero-order valence-electron chi connectivity index (χ0n) is 16.9. The summed E-state index contributed by atoms with van der Waals surface area (Å²) in [6, 6.07) is 13.7. The van der Waals surface area contributed by atoms with E-state index in [2.05, 4.69) is 21.9 Å². The Morgan fingerprint density at radius 3 is 2.61 bits per heavy atom. The summed E-state index contributed by atoms with van der Waals surface area (Å²) in [6.07, 6.45) is 0.631. The number of benzene rings is 2. The van der Waals surface area contributed by atoms with Crippen LogP contribution in [-0.2, 0) is 24.3 Å². The van der Waals surface area contributed by atoms with Gasteiger partial charge in [-0.25, -0.2) is 0 Å². The molecule has 1 heterocycles. The first-order valence-corrected chi connectivity index (χ1v) is 9.53. The normalized spacial score (nSPS) is 16.6. The molecule has 1 amide bonds. The molecule has 2 N–H and O–H groups in total. The predicted molar refractivity (Wildman–Crippen MR) is 109 cm³/mol. The molecular weight excluding hydrogens is 354 g/mol. The van der Waals surface area contributed by atoms with Gasteiger partial charge in [-0.1, -0.05) is 36.4 Å². The fourth-order valence-corrected chi connectivity index (χ4v) is 3.58. The minimum Gasteiger partial charge on any atom is -0.493 e. The molecule has 2 aromatic carbocycles. The van der Waals surface area contributed by atoms with E-state index in [9.17, 15) is 4.79 Å². The molecule has 0 saturated carbocycles. The first-order valence-electron chi connectivity index (χ1n) is 9.53. The van der Waals surface area contributed by atoms with Gasteiger partial charge in [-0.3, -0.25) is 9.69 Å². The van der Waals surface area contributed by atoms with Crippen LogP contribution >= 0.6 is 0 Å². The molecule has 1 unspecified atom stereocenters. The van der Waals surface area contributed by atoms with Crippen LogP contribution < -0.4 is 15.2 Å². The molecule has 1 atom stereocenters. The van der Waals surface area contributed by atoms with E-state index < -0.39 is 0 Å². The van der Waals surface area contributed by atoms with Gasteiger partial charge in [0.2, 0.25) is 5.91 Å². The number of carbonyl (C=O) groups is 1. The third kappa shape index (κ3) is 4.64. The molecule has 6 heteroatoms. The fraction of sp³-hybridized carbons (Fsp3) is 0.409. The number of fused-ring (bicyclic) bond motifs is 1. The van der Waals surface area contributed by atoms with Gasteiger partial charge in [0.05, 0.1) is 13.2 Å². The maximum Gasteiger partial charge on any atom is 0.235 e. The van der Waals surface area contributed by atoms with E-state index in [4.69, 9.17) is 15.2 Å². The average Bonchev–Trinajstić information content (AvgIpc) is 2.68. The summed E-state index contributed by atoms with van der Waals surface area (Å²) < 4.78 is 11.6. The van der Waals surface area contributed by atoms with E-state index in [1.165, 1.54) is 11.1 Å². The molecule has 0 aliphatic carbocycles. The molecular formula is C22H29N3O3. The fourth-order valence-electron chi connectivity index (χ4n) is 3.58. The van der Waals surface area contributed by atoms with Crippen LogP contribution in [0.25, 0.3) is 0 Å². The second kappa shape index (κ2) is 9.08. The van der Waals surface area contributed by atoms with Gasteiger partial charge in [-0.2, -0.15) is 0 Å². The number of amides is 1. The van der Waals surface area contributed by atoms with Crippen molar-refractivity contribution >= 4 is 5.91 Å². The molecule has 0 aromatic heterocycles.